The molecule has 1 amide bonds. The smallest absolute Gasteiger partial charge is 0.309 e. The van der Waals surface area contributed by atoms with Crippen LogP contribution in [0.3, 0.4) is 0 Å². The zero-order valence-electron chi connectivity index (χ0n) is 7.90. The molecule has 0 unspecified atom stereocenters. The number of thiazole rings is 1. The van der Waals surface area contributed by atoms with E-state index in [0.717, 1.165) is 0 Å². The summed E-state index contributed by atoms with van der Waals surface area (Å²) in [7, 11) is 0. The molecule has 0 spiro atoms. The fourth-order valence-corrected chi connectivity index (χ4v) is 1.55. The Kier molecular flexibility index (Phi) is 3.83. The van der Waals surface area contributed by atoms with Crippen LogP contribution in [0.2, 0.25) is 0 Å². The summed E-state index contributed by atoms with van der Waals surface area (Å²) in [6, 6.07) is 0. The molecule has 1 heterocycles. The van der Waals surface area contributed by atoms with E-state index in [1.807, 2.05) is 0 Å². The Hall–Kier alpha value is -1.87. The van der Waals surface area contributed by atoms with E-state index in [-0.39, 0.29) is 6.42 Å². The quantitative estimate of drug-likeness (QED) is 0.742. The molecule has 15 heavy (non-hydrogen) atoms. The third-order valence-electron chi connectivity index (χ3n) is 1.34. The molecule has 0 fully saturated rings. The molecule has 0 atom stereocenters. The van der Waals surface area contributed by atoms with Gasteiger partial charge < -0.3 is 5.11 Å². The van der Waals surface area contributed by atoms with Crippen molar-refractivity contribution in [1.29, 1.82) is 0 Å². The highest BCUT2D eigenvalue weighted by atomic mass is 32.1. The number of carbonyl (C=O) groups excluding carboxylic acids is 1. The predicted octanol–water partition coefficient (Wildman–Crippen LogP) is 0.732. The van der Waals surface area contributed by atoms with Crippen LogP contribution in [-0.4, -0.2) is 22.0 Å². The lowest BCUT2D eigenvalue weighted by atomic mass is 10.3. The van der Waals surface area contributed by atoms with Gasteiger partial charge in [-0.3, -0.25) is 14.9 Å². The van der Waals surface area contributed by atoms with Gasteiger partial charge in [0, 0.05) is 5.38 Å². The molecule has 0 aliphatic rings. The van der Waals surface area contributed by atoms with E-state index in [2.05, 4.69) is 22.1 Å². The van der Waals surface area contributed by atoms with E-state index in [9.17, 15) is 9.59 Å². The van der Waals surface area contributed by atoms with E-state index in [1.165, 1.54) is 11.3 Å². The number of aliphatic carboxylic acids is 1. The van der Waals surface area contributed by atoms with Gasteiger partial charge in [-0.15, -0.1) is 11.3 Å². The second-order valence-corrected chi connectivity index (χ2v) is 3.40. The van der Waals surface area contributed by atoms with Gasteiger partial charge in [0.05, 0.1) is 12.1 Å². The lowest BCUT2D eigenvalue weighted by Crippen LogP contribution is -2.08. The molecule has 78 valence electrons. The summed E-state index contributed by atoms with van der Waals surface area (Å²) >= 11 is 1.17. The minimum atomic E-state index is -0.952. The van der Waals surface area contributed by atoms with E-state index < -0.39 is 11.9 Å². The Balaban J connectivity index is 2.63. The second kappa shape index (κ2) is 5.12. The Morgan fingerprint density at radius 2 is 2.40 bits per heavy atom. The fraction of sp³-hybridized carbons (Fsp3) is 0.222. The molecule has 6 heteroatoms. The summed E-state index contributed by atoms with van der Waals surface area (Å²) in [4.78, 5) is 25.3. The maximum atomic E-state index is 11.0. The standard InChI is InChI=1S/C9H8N2O3S/c1-2-3-7(12)11-9-10-6(5-15-9)4-8(13)14/h5H,4H2,1H3,(H,13,14)(H,10,11,12). The Morgan fingerprint density at radius 3 is 3.00 bits per heavy atom. The zero-order chi connectivity index (χ0) is 11.3. The molecule has 1 aromatic heterocycles. The monoisotopic (exact) mass is 224 g/mol. The topological polar surface area (TPSA) is 79.3 Å². The van der Waals surface area contributed by atoms with Gasteiger partial charge in [-0.1, -0.05) is 5.92 Å². The molecule has 1 rings (SSSR count). The minimum Gasteiger partial charge on any atom is -0.481 e. The van der Waals surface area contributed by atoms with Crippen LogP contribution in [0.5, 0.6) is 0 Å². The average molecular weight is 224 g/mol. The summed E-state index contributed by atoms with van der Waals surface area (Å²) in [5, 5.41) is 12.9. The number of anilines is 1. The molecule has 0 radical (unpaired) electrons. The normalized spacial score (nSPS) is 8.87. The van der Waals surface area contributed by atoms with Crippen molar-refractivity contribution < 1.29 is 14.7 Å². The van der Waals surface area contributed by atoms with Crippen molar-refractivity contribution in [3.05, 3.63) is 11.1 Å². The molecular formula is C9H8N2O3S. The molecule has 1 aromatic rings. The number of nitrogens with zero attached hydrogens (tertiary/aromatic N) is 1. The molecule has 0 saturated carbocycles. The van der Waals surface area contributed by atoms with Gasteiger partial charge in [0.15, 0.2) is 5.13 Å². The zero-order valence-corrected chi connectivity index (χ0v) is 8.72. The predicted molar refractivity (Wildman–Crippen MR) is 55.5 cm³/mol. The van der Waals surface area contributed by atoms with Crippen molar-refractivity contribution in [2.24, 2.45) is 0 Å². The lowest BCUT2D eigenvalue weighted by molar-refractivity contribution is -0.136. The average Bonchev–Trinajstić information content (AvgIpc) is 2.51. The molecule has 2 N–H and O–H groups in total. The molecule has 0 aliphatic carbocycles. The number of carboxylic acid groups (broad SMARTS) is 1. The van der Waals surface area contributed by atoms with Crippen molar-refractivity contribution >= 4 is 28.3 Å². The highest BCUT2D eigenvalue weighted by Gasteiger charge is 2.07. The van der Waals surface area contributed by atoms with Crippen LogP contribution in [0, 0.1) is 11.8 Å². The first-order chi connectivity index (χ1) is 7.11. The maximum absolute atomic E-state index is 11.0. The Labute approximate surface area is 90.1 Å². The molecular weight excluding hydrogens is 216 g/mol. The van der Waals surface area contributed by atoms with Crippen LogP contribution >= 0.6 is 11.3 Å². The maximum Gasteiger partial charge on any atom is 0.309 e. The van der Waals surface area contributed by atoms with E-state index in [4.69, 9.17) is 5.11 Å². The molecule has 0 aromatic carbocycles. The summed E-state index contributed by atoms with van der Waals surface area (Å²) < 4.78 is 0. The third-order valence-corrected chi connectivity index (χ3v) is 2.15. The number of hydrogen-bond donors (Lipinski definition) is 2. The number of carbonyl (C=O) groups is 2. The number of rotatable bonds is 3. The van der Waals surface area contributed by atoms with Gasteiger partial charge >= 0.3 is 11.9 Å². The third kappa shape index (κ3) is 3.79. The van der Waals surface area contributed by atoms with Crippen LogP contribution in [0.25, 0.3) is 0 Å². The largest absolute Gasteiger partial charge is 0.481 e. The van der Waals surface area contributed by atoms with Gasteiger partial charge in [0.1, 0.15) is 0 Å². The van der Waals surface area contributed by atoms with Gasteiger partial charge in [-0.05, 0) is 12.8 Å². The summed E-state index contributed by atoms with van der Waals surface area (Å²) in [5.41, 5.74) is 0.423. The number of nitrogens with one attached hydrogen (secondary N) is 1. The minimum absolute atomic E-state index is 0.147. The Morgan fingerprint density at radius 1 is 1.67 bits per heavy atom. The van der Waals surface area contributed by atoms with Crippen LogP contribution < -0.4 is 5.32 Å². The lowest BCUT2D eigenvalue weighted by Gasteiger charge is -1.92. The van der Waals surface area contributed by atoms with Crippen LogP contribution in [0.4, 0.5) is 5.13 Å². The van der Waals surface area contributed by atoms with E-state index in [1.54, 1.807) is 12.3 Å². The van der Waals surface area contributed by atoms with Gasteiger partial charge in [0.2, 0.25) is 0 Å². The first kappa shape index (κ1) is 11.2. The van der Waals surface area contributed by atoms with Crippen molar-refractivity contribution in [3.8, 4) is 11.8 Å². The molecule has 0 aliphatic heterocycles. The fourth-order valence-electron chi connectivity index (χ4n) is 0.842. The molecule has 0 saturated heterocycles. The molecule has 5 nitrogen and oxygen atoms in total. The van der Waals surface area contributed by atoms with Crippen molar-refractivity contribution in [2.45, 2.75) is 13.3 Å². The second-order valence-electron chi connectivity index (χ2n) is 2.54. The van der Waals surface area contributed by atoms with Crippen LogP contribution in [-0.2, 0) is 16.0 Å². The van der Waals surface area contributed by atoms with Crippen molar-refractivity contribution in [1.82, 2.24) is 4.98 Å². The van der Waals surface area contributed by atoms with E-state index >= 15 is 0 Å². The first-order valence-electron chi connectivity index (χ1n) is 4.01. The SMILES string of the molecule is CC#CC(=O)Nc1nc(CC(=O)O)cs1. The number of aromatic nitrogens is 1. The van der Waals surface area contributed by atoms with Crippen LogP contribution in [0.1, 0.15) is 12.6 Å². The first-order valence-corrected chi connectivity index (χ1v) is 4.89. The van der Waals surface area contributed by atoms with Gasteiger partial charge in [-0.25, -0.2) is 4.98 Å². The summed E-state index contributed by atoms with van der Waals surface area (Å²) in [6.07, 6.45) is -0.147. The van der Waals surface area contributed by atoms with E-state index in [0.29, 0.717) is 10.8 Å². The molecule has 0 bridgehead atoms. The number of carboxylic acids is 1. The highest BCUT2D eigenvalue weighted by Crippen LogP contribution is 2.15. The van der Waals surface area contributed by atoms with Crippen molar-refractivity contribution in [3.63, 3.8) is 0 Å². The van der Waals surface area contributed by atoms with Crippen molar-refractivity contribution in [2.75, 3.05) is 5.32 Å². The summed E-state index contributed by atoms with van der Waals surface area (Å²) in [5.74, 6) is 3.34. The number of hydrogen-bond acceptors (Lipinski definition) is 4. The summed E-state index contributed by atoms with van der Waals surface area (Å²) in [6.45, 7) is 1.55. The van der Waals surface area contributed by atoms with Gasteiger partial charge in [-0.2, -0.15) is 0 Å². The van der Waals surface area contributed by atoms with Gasteiger partial charge in [0.25, 0.3) is 0 Å². The highest BCUT2D eigenvalue weighted by molar-refractivity contribution is 7.14. The Bertz CT molecular complexity index is 442. The van der Waals surface area contributed by atoms with Crippen LogP contribution in [0.15, 0.2) is 5.38 Å². The number of amides is 1.